The van der Waals surface area contributed by atoms with Gasteiger partial charge in [0.15, 0.2) is 0 Å². The van der Waals surface area contributed by atoms with E-state index in [1.54, 1.807) is 0 Å². The Labute approximate surface area is 120 Å². The summed E-state index contributed by atoms with van der Waals surface area (Å²) >= 11 is 5.84. The predicted molar refractivity (Wildman–Crippen MR) is 73.0 cm³/mol. The van der Waals surface area contributed by atoms with E-state index < -0.39 is 10.8 Å². The van der Waals surface area contributed by atoms with Gasteiger partial charge in [-0.3, -0.25) is 14.9 Å². The molecule has 0 bridgehead atoms. The number of carbonyl (C=O) groups is 1. The first-order chi connectivity index (χ1) is 9.56. The van der Waals surface area contributed by atoms with Gasteiger partial charge < -0.3 is 15.2 Å². The molecule has 0 aliphatic rings. The number of aliphatic hydroxyl groups excluding tert-OH is 1. The molecule has 110 valence electrons. The molecule has 0 saturated heterocycles. The van der Waals surface area contributed by atoms with Crippen molar-refractivity contribution in [3.63, 3.8) is 0 Å². The Morgan fingerprint density at radius 2 is 2.20 bits per heavy atom. The number of ether oxygens (including phenoxy) is 1. The molecule has 0 atom stereocenters. The molecular weight excluding hydrogens is 288 g/mol. The van der Waals surface area contributed by atoms with Crippen LogP contribution in [0.15, 0.2) is 18.2 Å². The number of halogens is 1. The van der Waals surface area contributed by atoms with Gasteiger partial charge in [0.25, 0.3) is 11.6 Å². The molecule has 0 aromatic heterocycles. The lowest BCUT2D eigenvalue weighted by atomic mass is 10.2. The van der Waals surface area contributed by atoms with Crippen LogP contribution in [0.5, 0.6) is 0 Å². The molecule has 7 nitrogen and oxygen atoms in total. The zero-order valence-electron chi connectivity index (χ0n) is 10.7. The van der Waals surface area contributed by atoms with Gasteiger partial charge in [-0.15, -0.1) is 0 Å². The molecule has 0 fully saturated rings. The zero-order valence-corrected chi connectivity index (χ0v) is 11.4. The molecule has 0 radical (unpaired) electrons. The van der Waals surface area contributed by atoms with Crippen LogP contribution in [0.3, 0.4) is 0 Å². The van der Waals surface area contributed by atoms with Gasteiger partial charge in [-0.1, -0.05) is 11.6 Å². The fraction of sp³-hybridized carbons (Fsp3) is 0.417. The summed E-state index contributed by atoms with van der Waals surface area (Å²) in [5.74, 6) is -0.471. The minimum absolute atomic E-state index is 0.0460. The predicted octanol–water partition coefficient (Wildman–Crippen LogP) is 1.38. The normalized spacial score (nSPS) is 10.3. The number of rotatable bonds is 8. The number of nitrogens with one attached hydrogen (secondary N) is 1. The third-order valence-electron chi connectivity index (χ3n) is 2.39. The molecule has 0 saturated carbocycles. The second-order valence-electron chi connectivity index (χ2n) is 3.87. The molecule has 2 N–H and O–H groups in total. The van der Waals surface area contributed by atoms with Gasteiger partial charge in [0, 0.05) is 25.3 Å². The van der Waals surface area contributed by atoms with Gasteiger partial charge in [0.05, 0.1) is 28.7 Å². The van der Waals surface area contributed by atoms with E-state index in [4.69, 9.17) is 21.4 Å². The Bertz CT molecular complexity index is 481. The van der Waals surface area contributed by atoms with E-state index in [2.05, 4.69) is 5.32 Å². The largest absolute Gasteiger partial charge is 0.394 e. The lowest BCUT2D eigenvalue weighted by molar-refractivity contribution is -0.384. The Hall–Kier alpha value is -1.70. The third-order valence-corrected chi connectivity index (χ3v) is 2.72. The van der Waals surface area contributed by atoms with E-state index in [1.165, 1.54) is 12.1 Å². The van der Waals surface area contributed by atoms with Gasteiger partial charge in [0.2, 0.25) is 0 Å². The van der Waals surface area contributed by atoms with Crippen LogP contribution in [0.25, 0.3) is 0 Å². The topological polar surface area (TPSA) is 102 Å². The van der Waals surface area contributed by atoms with Crippen molar-refractivity contribution in [3.8, 4) is 0 Å². The molecule has 0 aliphatic carbocycles. The highest BCUT2D eigenvalue weighted by Gasteiger charge is 2.15. The Balaban J connectivity index is 2.50. The van der Waals surface area contributed by atoms with Crippen molar-refractivity contribution in [2.45, 2.75) is 6.42 Å². The maximum absolute atomic E-state index is 11.8. The number of amides is 1. The number of nitrogens with zero attached hydrogens (tertiary/aromatic N) is 1. The minimum atomic E-state index is -0.587. The highest BCUT2D eigenvalue weighted by atomic mass is 35.5. The van der Waals surface area contributed by atoms with Crippen LogP contribution in [0.4, 0.5) is 5.69 Å². The first-order valence-electron chi connectivity index (χ1n) is 5.97. The monoisotopic (exact) mass is 302 g/mol. The molecule has 1 aromatic carbocycles. The highest BCUT2D eigenvalue weighted by Crippen LogP contribution is 2.21. The number of hydrogen-bond acceptors (Lipinski definition) is 5. The Morgan fingerprint density at radius 1 is 1.45 bits per heavy atom. The van der Waals surface area contributed by atoms with Gasteiger partial charge in [0.1, 0.15) is 0 Å². The van der Waals surface area contributed by atoms with Crippen molar-refractivity contribution in [1.82, 2.24) is 5.32 Å². The number of non-ortho nitro benzene ring substituents is 1. The quantitative estimate of drug-likeness (QED) is 0.429. The van der Waals surface area contributed by atoms with Crippen LogP contribution in [0.1, 0.15) is 16.8 Å². The molecule has 1 amide bonds. The standard InChI is InChI=1S/C12H15ClN2O5/c13-11-3-2-9(15(18)19)8-10(11)12(17)14-4-1-6-20-7-5-16/h2-3,8,16H,1,4-7H2,(H,14,17). The minimum Gasteiger partial charge on any atom is -0.394 e. The summed E-state index contributed by atoms with van der Waals surface area (Å²) in [6.45, 7) is 0.965. The first-order valence-corrected chi connectivity index (χ1v) is 6.34. The first kappa shape index (κ1) is 16.4. The third kappa shape index (κ3) is 5.12. The van der Waals surface area contributed by atoms with Crippen LogP contribution in [0, 0.1) is 10.1 Å². The molecule has 0 heterocycles. The Morgan fingerprint density at radius 3 is 2.85 bits per heavy atom. The molecule has 0 unspecified atom stereocenters. The van der Waals surface area contributed by atoms with E-state index in [-0.39, 0.29) is 29.5 Å². The lowest BCUT2D eigenvalue weighted by Gasteiger charge is -2.07. The molecule has 1 rings (SSSR count). The fourth-order valence-corrected chi connectivity index (χ4v) is 1.64. The average molecular weight is 303 g/mol. The number of nitro groups is 1. The number of carbonyl (C=O) groups excluding carboxylic acids is 1. The molecule has 8 heteroatoms. The van der Waals surface area contributed by atoms with Crippen molar-refractivity contribution < 1.29 is 19.6 Å². The van der Waals surface area contributed by atoms with E-state index in [0.717, 1.165) is 6.07 Å². The molecule has 0 spiro atoms. The van der Waals surface area contributed by atoms with Crippen molar-refractivity contribution in [3.05, 3.63) is 38.9 Å². The molecule has 1 aromatic rings. The number of nitro benzene ring substituents is 1. The van der Waals surface area contributed by atoms with Crippen LogP contribution >= 0.6 is 11.6 Å². The number of hydrogen-bond donors (Lipinski definition) is 2. The smallest absolute Gasteiger partial charge is 0.270 e. The fourth-order valence-electron chi connectivity index (χ4n) is 1.44. The van der Waals surface area contributed by atoms with Crippen LogP contribution in [-0.4, -0.2) is 42.3 Å². The summed E-state index contributed by atoms with van der Waals surface area (Å²) in [5.41, 5.74) is -0.122. The molecular formula is C12H15ClN2O5. The number of benzene rings is 1. The van der Waals surface area contributed by atoms with Crippen LogP contribution < -0.4 is 5.32 Å². The van der Waals surface area contributed by atoms with Gasteiger partial charge in [-0.25, -0.2) is 0 Å². The van der Waals surface area contributed by atoms with Gasteiger partial charge >= 0.3 is 0 Å². The van der Waals surface area contributed by atoms with Gasteiger partial charge in [-0.2, -0.15) is 0 Å². The van der Waals surface area contributed by atoms with Crippen LogP contribution in [-0.2, 0) is 4.74 Å². The van der Waals surface area contributed by atoms with Crippen molar-refractivity contribution in [2.75, 3.05) is 26.4 Å². The zero-order chi connectivity index (χ0) is 15.0. The Kier molecular flexibility index (Phi) is 6.92. The second-order valence-corrected chi connectivity index (χ2v) is 4.27. The summed E-state index contributed by atoms with van der Waals surface area (Å²) in [7, 11) is 0. The summed E-state index contributed by atoms with van der Waals surface area (Å²) < 4.78 is 5.03. The molecule has 20 heavy (non-hydrogen) atoms. The summed E-state index contributed by atoms with van der Waals surface area (Å²) in [4.78, 5) is 21.9. The van der Waals surface area contributed by atoms with E-state index in [9.17, 15) is 14.9 Å². The summed E-state index contributed by atoms with van der Waals surface area (Å²) in [6, 6.07) is 3.70. The maximum atomic E-state index is 11.8. The van der Waals surface area contributed by atoms with Crippen molar-refractivity contribution >= 4 is 23.2 Å². The maximum Gasteiger partial charge on any atom is 0.270 e. The highest BCUT2D eigenvalue weighted by molar-refractivity contribution is 6.33. The van der Waals surface area contributed by atoms with Crippen molar-refractivity contribution in [1.29, 1.82) is 0 Å². The van der Waals surface area contributed by atoms with Gasteiger partial charge in [-0.05, 0) is 12.5 Å². The SMILES string of the molecule is O=C(NCCCOCCO)c1cc([N+](=O)[O-])ccc1Cl. The second kappa shape index (κ2) is 8.47. The van der Waals surface area contributed by atoms with E-state index in [1.807, 2.05) is 0 Å². The summed E-state index contributed by atoms with van der Waals surface area (Å²) in [5, 5.41) is 21.9. The summed E-state index contributed by atoms with van der Waals surface area (Å²) in [6.07, 6.45) is 0.568. The lowest BCUT2D eigenvalue weighted by Crippen LogP contribution is -2.25. The van der Waals surface area contributed by atoms with Crippen molar-refractivity contribution in [2.24, 2.45) is 0 Å². The number of aliphatic hydroxyl groups is 1. The average Bonchev–Trinajstić information content (AvgIpc) is 2.42. The van der Waals surface area contributed by atoms with Crippen LogP contribution in [0.2, 0.25) is 5.02 Å². The molecule has 0 aliphatic heterocycles. The van der Waals surface area contributed by atoms with E-state index >= 15 is 0 Å². The van der Waals surface area contributed by atoms with E-state index in [0.29, 0.717) is 19.6 Å².